The van der Waals surface area contributed by atoms with Crippen molar-refractivity contribution < 1.29 is 27.9 Å². The van der Waals surface area contributed by atoms with E-state index in [-0.39, 0.29) is 18.9 Å². The van der Waals surface area contributed by atoms with Gasteiger partial charge in [-0.15, -0.1) is 0 Å². The van der Waals surface area contributed by atoms with Gasteiger partial charge in [0.15, 0.2) is 0 Å². The lowest BCUT2D eigenvalue weighted by atomic mass is 9.94. The standard InChI is InChI=1S/C11H18F3NO3/c1-2-3-8(4-5-9(16)17)6-7-15-10(18)11(12,13)14/h8H,2-7H2,1H3,(H,15,18)(H,16,17). The Kier molecular flexibility index (Phi) is 7.38. The number of hydrogen-bond donors (Lipinski definition) is 2. The first-order valence-corrected chi connectivity index (χ1v) is 5.84. The van der Waals surface area contributed by atoms with E-state index in [2.05, 4.69) is 0 Å². The van der Waals surface area contributed by atoms with Crippen molar-refractivity contribution >= 4 is 11.9 Å². The third-order valence-corrected chi connectivity index (χ3v) is 2.56. The van der Waals surface area contributed by atoms with Crippen molar-refractivity contribution in [2.24, 2.45) is 5.92 Å². The molecule has 1 amide bonds. The van der Waals surface area contributed by atoms with Crippen LogP contribution in [0.3, 0.4) is 0 Å². The Morgan fingerprint density at radius 1 is 1.22 bits per heavy atom. The molecule has 0 aromatic rings. The van der Waals surface area contributed by atoms with Crippen LogP contribution < -0.4 is 5.32 Å². The van der Waals surface area contributed by atoms with Gasteiger partial charge in [-0.25, -0.2) is 0 Å². The highest BCUT2D eigenvalue weighted by atomic mass is 19.4. The number of carbonyl (C=O) groups excluding carboxylic acids is 1. The molecule has 0 aliphatic rings. The molecule has 0 aromatic carbocycles. The maximum Gasteiger partial charge on any atom is 0.471 e. The van der Waals surface area contributed by atoms with E-state index < -0.39 is 18.1 Å². The molecule has 1 atom stereocenters. The predicted molar refractivity (Wildman–Crippen MR) is 58.9 cm³/mol. The zero-order valence-corrected chi connectivity index (χ0v) is 10.2. The lowest BCUT2D eigenvalue weighted by molar-refractivity contribution is -0.173. The number of carboxylic acid groups (broad SMARTS) is 1. The van der Waals surface area contributed by atoms with Gasteiger partial charge in [-0.1, -0.05) is 19.8 Å². The monoisotopic (exact) mass is 269 g/mol. The first-order chi connectivity index (χ1) is 8.27. The minimum atomic E-state index is -4.86. The zero-order valence-electron chi connectivity index (χ0n) is 10.2. The molecule has 0 heterocycles. The maximum atomic E-state index is 11.9. The van der Waals surface area contributed by atoms with Crippen molar-refractivity contribution in [3.05, 3.63) is 0 Å². The lowest BCUT2D eigenvalue weighted by Gasteiger charge is -2.15. The molecule has 0 aromatic heterocycles. The van der Waals surface area contributed by atoms with Crippen LogP contribution in [0.2, 0.25) is 0 Å². The van der Waals surface area contributed by atoms with Gasteiger partial charge in [0.2, 0.25) is 0 Å². The van der Waals surface area contributed by atoms with Gasteiger partial charge in [0.1, 0.15) is 0 Å². The second kappa shape index (κ2) is 7.94. The molecule has 7 heteroatoms. The van der Waals surface area contributed by atoms with Crippen LogP contribution in [0.4, 0.5) is 13.2 Å². The molecular weight excluding hydrogens is 251 g/mol. The molecule has 0 aliphatic carbocycles. The lowest BCUT2D eigenvalue weighted by Crippen LogP contribution is -2.37. The minimum Gasteiger partial charge on any atom is -0.481 e. The first-order valence-electron chi connectivity index (χ1n) is 5.84. The molecule has 18 heavy (non-hydrogen) atoms. The van der Waals surface area contributed by atoms with E-state index in [1.54, 1.807) is 5.32 Å². The van der Waals surface area contributed by atoms with Crippen LogP contribution in [0, 0.1) is 5.92 Å². The van der Waals surface area contributed by atoms with Crippen LogP contribution in [-0.4, -0.2) is 29.7 Å². The number of nitrogens with one attached hydrogen (secondary N) is 1. The number of aliphatic carboxylic acids is 1. The molecule has 106 valence electrons. The molecule has 0 rings (SSSR count). The van der Waals surface area contributed by atoms with E-state index in [1.807, 2.05) is 6.92 Å². The summed E-state index contributed by atoms with van der Waals surface area (Å²) in [5.74, 6) is -2.84. The third kappa shape index (κ3) is 7.92. The highest BCUT2D eigenvalue weighted by molar-refractivity contribution is 5.81. The summed E-state index contributed by atoms with van der Waals surface area (Å²) in [6.07, 6.45) is -2.50. The molecular formula is C11H18F3NO3. The largest absolute Gasteiger partial charge is 0.481 e. The fourth-order valence-electron chi connectivity index (χ4n) is 1.66. The van der Waals surface area contributed by atoms with E-state index in [0.29, 0.717) is 12.8 Å². The first kappa shape index (κ1) is 16.7. The fraction of sp³-hybridized carbons (Fsp3) is 0.818. The van der Waals surface area contributed by atoms with Gasteiger partial charge >= 0.3 is 18.1 Å². The number of rotatable bonds is 8. The number of halogens is 3. The summed E-state index contributed by atoms with van der Waals surface area (Å²) in [5.41, 5.74) is 0. The summed E-state index contributed by atoms with van der Waals surface area (Å²) >= 11 is 0. The molecule has 0 saturated carbocycles. The Morgan fingerprint density at radius 3 is 2.28 bits per heavy atom. The smallest absolute Gasteiger partial charge is 0.471 e. The normalized spacial score (nSPS) is 13.1. The molecule has 0 fully saturated rings. The van der Waals surface area contributed by atoms with Gasteiger partial charge in [-0.05, 0) is 18.8 Å². The number of hydrogen-bond acceptors (Lipinski definition) is 2. The van der Waals surface area contributed by atoms with E-state index in [1.165, 1.54) is 0 Å². The SMILES string of the molecule is CCCC(CCNC(=O)C(F)(F)F)CCC(=O)O. The van der Waals surface area contributed by atoms with E-state index >= 15 is 0 Å². The number of carbonyl (C=O) groups is 2. The Morgan fingerprint density at radius 2 is 1.83 bits per heavy atom. The average Bonchev–Trinajstić information content (AvgIpc) is 2.24. The Hall–Kier alpha value is -1.27. The summed E-state index contributed by atoms with van der Waals surface area (Å²) in [4.78, 5) is 20.9. The summed E-state index contributed by atoms with van der Waals surface area (Å²) in [6.45, 7) is 1.84. The molecule has 0 aliphatic heterocycles. The van der Waals surface area contributed by atoms with Crippen LogP contribution in [-0.2, 0) is 9.59 Å². The van der Waals surface area contributed by atoms with Crippen molar-refractivity contribution in [2.75, 3.05) is 6.54 Å². The molecule has 0 saturated heterocycles. The van der Waals surface area contributed by atoms with Crippen molar-refractivity contribution in [1.82, 2.24) is 5.32 Å². The zero-order chi connectivity index (χ0) is 14.2. The van der Waals surface area contributed by atoms with Crippen molar-refractivity contribution in [1.29, 1.82) is 0 Å². The van der Waals surface area contributed by atoms with Gasteiger partial charge < -0.3 is 10.4 Å². The van der Waals surface area contributed by atoms with Gasteiger partial charge in [0.05, 0.1) is 0 Å². The summed E-state index contributed by atoms with van der Waals surface area (Å²) in [7, 11) is 0. The van der Waals surface area contributed by atoms with Crippen LogP contribution in [0.25, 0.3) is 0 Å². The number of carboxylic acids is 1. The summed E-state index contributed by atoms with van der Waals surface area (Å²) < 4.78 is 35.7. The highest BCUT2D eigenvalue weighted by Crippen LogP contribution is 2.18. The third-order valence-electron chi connectivity index (χ3n) is 2.56. The van der Waals surface area contributed by atoms with Crippen LogP contribution in [0.1, 0.15) is 39.0 Å². The Labute approximate surface area is 104 Å². The van der Waals surface area contributed by atoms with Crippen molar-refractivity contribution in [2.45, 2.75) is 45.2 Å². The topological polar surface area (TPSA) is 66.4 Å². The highest BCUT2D eigenvalue weighted by Gasteiger charge is 2.38. The van der Waals surface area contributed by atoms with Crippen molar-refractivity contribution in [3.63, 3.8) is 0 Å². The van der Waals surface area contributed by atoms with Crippen LogP contribution in [0.5, 0.6) is 0 Å². The van der Waals surface area contributed by atoms with Crippen molar-refractivity contribution in [3.8, 4) is 0 Å². The van der Waals surface area contributed by atoms with E-state index in [0.717, 1.165) is 12.8 Å². The number of alkyl halides is 3. The summed E-state index contributed by atoms with van der Waals surface area (Å²) in [6, 6.07) is 0. The number of amides is 1. The molecule has 0 spiro atoms. The quantitative estimate of drug-likeness (QED) is 0.710. The van der Waals surface area contributed by atoms with E-state index in [4.69, 9.17) is 5.11 Å². The average molecular weight is 269 g/mol. The summed E-state index contributed by atoms with van der Waals surface area (Å²) in [5, 5.41) is 10.3. The molecule has 0 radical (unpaired) electrons. The second-order valence-electron chi connectivity index (χ2n) is 4.13. The predicted octanol–water partition coefficient (Wildman–Crippen LogP) is 2.34. The van der Waals surface area contributed by atoms with Gasteiger partial charge in [0, 0.05) is 13.0 Å². The molecule has 2 N–H and O–H groups in total. The fourth-order valence-corrected chi connectivity index (χ4v) is 1.66. The van der Waals surface area contributed by atoms with Gasteiger partial charge in [-0.3, -0.25) is 9.59 Å². The van der Waals surface area contributed by atoms with Gasteiger partial charge in [0.25, 0.3) is 0 Å². The van der Waals surface area contributed by atoms with Crippen LogP contribution in [0.15, 0.2) is 0 Å². The molecule has 1 unspecified atom stereocenters. The van der Waals surface area contributed by atoms with Gasteiger partial charge in [-0.2, -0.15) is 13.2 Å². The molecule has 0 bridgehead atoms. The minimum absolute atomic E-state index is 0.00210. The second-order valence-corrected chi connectivity index (χ2v) is 4.13. The Balaban J connectivity index is 3.96. The molecule has 4 nitrogen and oxygen atoms in total. The van der Waals surface area contributed by atoms with Crippen LogP contribution >= 0.6 is 0 Å². The van der Waals surface area contributed by atoms with E-state index in [9.17, 15) is 22.8 Å². The maximum absolute atomic E-state index is 11.9. The Bertz CT molecular complexity index is 279.